The summed E-state index contributed by atoms with van der Waals surface area (Å²) in [6.45, 7) is 7.20. The van der Waals surface area contributed by atoms with E-state index in [9.17, 15) is 4.79 Å². The van der Waals surface area contributed by atoms with E-state index in [4.69, 9.17) is 4.74 Å². The maximum atomic E-state index is 11.2. The van der Waals surface area contributed by atoms with E-state index in [1.54, 1.807) is 7.11 Å². The lowest BCUT2D eigenvalue weighted by Crippen LogP contribution is -2.44. The number of carbonyl (C=O) groups excluding carboxylic acids is 1. The maximum absolute atomic E-state index is 11.2. The van der Waals surface area contributed by atoms with Gasteiger partial charge in [0.1, 0.15) is 0 Å². The highest BCUT2D eigenvalue weighted by atomic mass is 16.5. The molecule has 84 valence electrons. The van der Waals surface area contributed by atoms with Gasteiger partial charge in [-0.2, -0.15) is 0 Å². The fraction of sp³-hybridized carbons (Fsp3) is 0.900. The van der Waals surface area contributed by atoms with Crippen molar-refractivity contribution in [3.05, 3.63) is 0 Å². The molecule has 0 bridgehead atoms. The molecule has 14 heavy (non-hydrogen) atoms. The summed E-state index contributed by atoms with van der Waals surface area (Å²) in [7, 11) is 1.64. The van der Waals surface area contributed by atoms with E-state index in [0.29, 0.717) is 6.54 Å². The lowest BCUT2D eigenvalue weighted by Gasteiger charge is -2.23. The average molecular weight is 202 g/mol. The molecule has 0 heterocycles. The van der Waals surface area contributed by atoms with Crippen LogP contribution in [0.1, 0.15) is 33.6 Å². The minimum atomic E-state index is -0.303. The number of methoxy groups -OCH3 is 1. The molecule has 0 aromatic heterocycles. The zero-order valence-corrected chi connectivity index (χ0v) is 9.64. The maximum Gasteiger partial charge on any atom is 0.314 e. The Morgan fingerprint density at radius 3 is 2.50 bits per heavy atom. The zero-order chi connectivity index (χ0) is 11.0. The van der Waals surface area contributed by atoms with E-state index in [1.165, 1.54) is 0 Å². The Labute approximate surface area is 86.4 Å². The van der Waals surface area contributed by atoms with Crippen LogP contribution in [0.2, 0.25) is 0 Å². The molecule has 0 spiro atoms. The quantitative estimate of drug-likeness (QED) is 0.641. The standard InChI is InChI=1S/C10H22N2O2/c1-5-6-7-11-9(13)12-8-10(2,3)14-4/h5-8H2,1-4H3,(H2,11,12,13). The highest BCUT2D eigenvalue weighted by Gasteiger charge is 2.16. The van der Waals surface area contributed by atoms with Crippen molar-refractivity contribution in [1.29, 1.82) is 0 Å². The van der Waals surface area contributed by atoms with Crippen molar-refractivity contribution < 1.29 is 9.53 Å². The second-order valence-electron chi connectivity index (χ2n) is 3.93. The molecular formula is C10H22N2O2. The van der Waals surface area contributed by atoms with Crippen LogP contribution < -0.4 is 10.6 Å². The summed E-state index contributed by atoms with van der Waals surface area (Å²) >= 11 is 0. The Hall–Kier alpha value is -0.770. The molecule has 4 nitrogen and oxygen atoms in total. The number of ether oxygens (including phenoxy) is 1. The molecule has 2 amide bonds. The number of rotatable bonds is 6. The average Bonchev–Trinajstić information content (AvgIpc) is 2.16. The van der Waals surface area contributed by atoms with Gasteiger partial charge in [-0.15, -0.1) is 0 Å². The third-order valence-electron chi connectivity index (χ3n) is 2.04. The molecule has 0 atom stereocenters. The lowest BCUT2D eigenvalue weighted by atomic mass is 10.1. The van der Waals surface area contributed by atoms with Gasteiger partial charge < -0.3 is 15.4 Å². The van der Waals surface area contributed by atoms with Crippen molar-refractivity contribution in [1.82, 2.24) is 10.6 Å². The fourth-order valence-electron chi connectivity index (χ4n) is 0.807. The number of hydrogen-bond acceptors (Lipinski definition) is 2. The molecule has 0 fully saturated rings. The van der Waals surface area contributed by atoms with Gasteiger partial charge in [-0.25, -0.2) is 4.79 Å². The number of urea groups is 1. The van der Waals surface area contributed by atoms with E-state index < -0.39 is 0 Å². The normalized spacial score (nSPS) is 11.1. The molecule has 0 saturated heterocycles. The number of unbranched alkanes of at least 4 members (excludes halogenated alkanes) is 1. The molecule has 0 radical (unpaired) electrons. The highest BCUT2D eigenvalue weighted by molar-refractivity contribution is 5.73. The minimum absolute atomic E-state index is 0.122. The van der Waals surface area contributed by atoms with Gasteiger partial charge in [0.05, 0.1) is 5.60 Å². The largest absolute Gasteiger partial charge is 0.377 e. The molecule has 0 aliphatic rings. The van der Waals surface area contributed by atoms with Crippen LogP contribution in [0.3, 0.4) is 0 Å². The molecule has 0 unspecified atom stereocenters. The van der Waals surface area contributed by atoms with Gasteiger partial charge in [0.15, 0.2) is 0 Å². The van der Waals surface area contributed by atoms with Crippen molar-refractivity contribution in [3.63, 3.8) is 0 Å². The van der Waals surface area contributed by atoms with Crippen LogP contribution in [-0.4, -0.2) is 31.8 Å². The Morgan fingerprint density at radius 1 is 1.36 bits per heavy atom. The summed E-state index contributed by atoms with van der Waals surface area (Å²) in [6, 6.07) is -0.122. The molecule has 0 aromatic carbocycles. The van der Waals surface area contributed by atoms with E-state index in [-0.39, 0.29) is 11.6 Å². The van der Waals surface area contributed by atoms with Gasteiger partial charge in [0.2, 0.25) is 0 Å². The Balaban J connectivity index is 3.53. The van der Waals surface area contributed by atoms with Gasteiger partial charge in [-0.3, -0.25) is 0 Å². The number of amides is 2. The molecule has 0 rings (SSSR count). The summed E-state index contributed by atoms with van der Waals surface area (Å²) in [5.74, 6) is 0. The topological polar surface area (TPSA) is 50.4 Å². The Kier molecular flexibility index (Phi) is 6.28. The molecule has 0 aliphatic heterocycles. The predicted octanol–water partition coefficient (Wildman–Crippen LogP) is 1.51. The first kappa shape index (κ1) is 13.2. The van der Waals surface area contributed by atoms with Gasteiger partial charge in [-0.05, 0) is 20.3 Å². The van der Waals surface area contributed by atoms with Crippen LogP contribution in [0.5, 0.6) is 0 Å². The second kappa shape index (κ2) is 6.65. The summed E-state index contributed by atoms with van der Waals surface area (Å²) in [5, 5.41) is 5.53. The molecular weight excluding hydrogens is 180 g/mol. The lowest BCUT2D eigenvalue weighted by molar-refractivity contribution is 0.0254. The van der Waals surface area contributed by atoms with Crippen molar-refractivity contribution in [3.8, 4) is 0 Å². The molecule has 0 aromatic rings. The van der Waals surface area contributed by atoms with Crippen LogP contribution in [0.4, 0.5) is 4.79 Å². The second-order valence-corrected chi connectivity index (χ2v) is 3.93. The van der Waals surface area contributed by atoms with Gasteiger partial charge in [-0.1, -0.05) is 13.3 Å². The van der Waals surface area contributed by atoms with Crippen molar-refractivity contribution in [2.75, 3.05) is 20.2 Å². The first-order chi connectivity index (χ1) is 6.52. The van der Waals surface area contributed by atoms with Crippen molar-refractivity contribution in [2.45, 2.75) is 39.2 Å². The van der Waals surface area contributed by atoms with Crippen LogP contribution >= 0.6 is 0 Å². The minimum Gasteiger partial charge on any atom is -0.377 e. The number of hydrogen-bond donors (Lipinski definition) is 2. The van der Waals surface area contributed by atoms with Crippen LogP contribution in [0.25, 0.3) is 0 Å². The third kappa shape index (κ3) is 6.71. The van der Waals surface area contributed by atoms with E-state index in [0.717, 1.165) is 19.4 Å². The first-order valence-electron chi connectivity index (χ1n) is 5.08. The summed E-state index contributed by atoms with van der Waals surface area (Å²) < 4.78 is 5.17. The van der Waals surface area contributed by atoms with Crippen molar-refractivity contribution >= 4 is 6.03 Å². The van der Waals surface area contributed by atoms with Gasteiger partial charge in [0.25, 0.3) is 0 Å². The van der Waals surface area contributed by atoms with Crippen LogP contribution in [0, 0.1) is 0 Å². The molecule has 0 aliphatic carbocycles. The summed E-state index contributed by atoms with van der Waals surface area (Å²) in [5.41, 5.74) is -0.303. The SMILES string of the molecule is CCCCNC(=O)NCC(C)(C)OC. The van der Waals surface area contributed by atoms with Crippen molar-refractivity contribution in [2.24, 2.45) is 0 Å². The summed E-state index contributed by atoms with van der Waals surface area (Å²) in [6.07, 6.45) is 2.10. The zero-order valence-electron chi connectivity index (χ0n) is 9.64. The smallest absolute Gasteiger partial charge is 0.314 e. The summed E-state index contributed by atoms with van der Waals surface area (Å²) in [4.78, 5) is 11.2. The number of carbonyl (C=O) groups is 1. The van der Waals surface area contributed by atoms with Gasteiger partial charge in [0, 0.05) is 20.2 Å². The number of nitrogens with one attached hydrogen (secondary N) is 2. The molecule has 4 heteroatoms. The fourth-order valence-corrected chi connectivity index (χ4v) is 0.807. The highest BCUT2D eigenvalue weighted by Crippen LogP contribution is 2.04. The Morgan fingerprint density at radius 2 is 2.00 bits per heavy atom. The van der Waals surface area contributed by atoms with Gasteiger partial charge >= 0.3 is 6.03 Å². The van der Waals surface area contributed by atoms with E-state index >= 15 is 0 Å². The van der Waals surface area contributed by atoms with Crippen LogP contribution in [-0.2, 0) is 4.74 Å². The predicted molar refractivity (Wildman–Crippen MR) is 57.4 cm³/mol. The first-order valence-corrected chi connectivity index (χ1v) is 5.08. The van der Waals surface area contributed by atoms with E-state index in [1.807, 2.05) is 13.8 Å². The molecule has 0 saturated carbocycles. The van der Waals surface area contributed by atoms with Crippen LogP contribution in [0.15, 0.2) is 0 Å². The monoisotopic (exact) mass is 202 g/mol. The Bertz CT molecular complexity index is 170. The molecule has 2 N–H and O–H groups in total. The van der Waals surface area contributed by atoms with E-state index in [2.05, 4.69) is 17.6 Å². The third-order valence-corrected chi connectivity index (χ3v) is 2.04.